The van der Waals surface area contributed by atoms with Crippen LogP contribution in [0.15, 0.2) is 29.0 Å². The molecule has 2 rings (SSSR count). The molecule has 0 saturated carbocycles. The number of nitriles is 1. The van der Waals surface area contributed by atoms with Crippen molar-refractivity contribution in [1.29, 1.82) is 5.26 Å². The number of aromatic nitrogens is 3. The number of ether oxygens (including phenoxy) is 1. The SMILES string of the molecule is COCCNCc1cc(Br)ccc1-n1cnc(C#N)n1. The highest BCUT2D eigenvalue weighted by Crippen LogP contribution is 2.19. The molecule has 0 spiro atoms. The first-order valence-electron chi connectivity index (χ1n) is 6.05. The summed E-state index contributed by atoms with van der Waals surface area (Å²) in [7, 11) is 1.67. The van der Waals surface area contributed by atoms with E-state index in [2.05, 4.69) is 31.3 Å². The van der Waals surface area contributed by atoms with Crippen LogP contribution in [0, 0.1) is 11.3 Å². The molecule has 7 heteroatoms. The van der Waals surface area contributed by atoms with Crippen LogP contribution in [-0.2, 0) is 11.3 Å². The number of benzene rings is 1. The Kier molecular flexibility index (Phi) is 5.24. The molecule has 1 N–H and O–H groups in total. The van der Waals surface area contributed by atoms with E-state index in [9.17, 15) is 0 Å². The molecule has 6 nitrogen and oxygen atoms in total. The van der Waals surface area contributed by atoms with Crippen LogP contribution in [-0.4, -0.2) is 35.0 Å². The molecule has 20 heavy (non-hydrogen) atoms. The van der Waals surface area contributed by atoms with Crippen molar-refractivity contribution in [3.8, 4) is 11.8 Å². The number of nitrogens with zero attached hydrogens (tertiary/aromatic N) is 4. The molecule has 0 bridgehead atoms. The molecule has 0 aliphatic rings. The Labute approximate surface area is 125 Å². The van der Waals surface area contributed by atoms with Gasteiger partial charge in [-0.05, 0) is 23.8 Å². The van der Waals surface area contributed by atoms with Crippen LogP contribution in [0.5, 0.6) is 0 Å². The van der Waals surface area contributed by atoms with E-state index in [1.54, 1.807) is 18.1 Å². The lowest BCUT2D eigenvalue weighted by atomic mass is 10.2. The third-order valence-corrected chi connectivity index (χ3v) is 3.17. The van der Waals surface area contributed by atoms with Crippen LogP contribution in [0.3, 0.4) is 0 Å². The smallest absolute Gasteiger partial charge is 0.252 e. The molecular weight excluding hydrogens is 322 g/mol. The summed E-state index contributed by atoms with van der Waals surface area (Å²) in [5.74, 6) is 0.159. The molecule has 0 atom stereocenters. The summed E-state index contributed by atoms with van der Waals surface area (Å²) in [6.45, 7) is 2.11. The summed E-state index contributed by atoms with van der Waals surface area (Å²) < 4.78 is 7.60. The molecule has 2 aromatic rings. The van der Waals surface area contributed by atoms with E-state index in [-0.39, 0.29) is 5.82 Å². The molecule has 0 saturated heterocycles. The number of methoxy groups -OCH3 is 1. The van der Waals surface area contributed by atoms with Crippen LogP contribution < -0.4 is 5.32 Å². The molecule has 0 unspecified atom stereocenters. The number of nitrogens with one attached hydrogen (secondary N) is 1. The number of rotatable bonds is 6. The standard InChI is InChI=1S/C13H14BrN5O/c1-20-5-4-16-8-10-6-11(14)2-3-12(10)19-9-17-13(7-15)18-19/h2-3,6,9,16H,4-5,8H2,1H3. The molecular formula is C13H14BrN5O. The topological polar surface area (TPSA) is 75.8 Å². The van der Waals surface area contributed by atoms with Crippen molar-refractivity contribution in [2.75, 3.05) is 20.3 Å². The quantitative estimate of drug-likeness (QED) is 0.812. The fourth-order valence-electron chi connectivity index (χ4n) is 1.75. The largest absolute Gasteiger partial charge is 0.383 e. The van der Waals surface area contributed by atoms with Crippen molar-refractivity contribution in [1.82, 2.24) is 20.1 Å². The maximum absolute atomic E-state index is 8.79. The number of hydrogen-bond donors (Lipinski definition) is 1. The summed E-state index contributed by atoms with van der Waals surface area (Å²) in [5, 5.41) is 16.2. The first kappa shape index (κ1) is 14.7. The average Bonchev–Trinajstić information content (AvgIpc) is 2.92. The highest BCUT2D eigenvalue weighted by atomic mass is 79.9. The second kappa shape index (κ2) is 7.14. The zero-order valence-corrected chi connectivity index (χ0v) is 12.6. The Morgan fingerprint density at radius 2 is 2.35 bits per heavy atom. The highest BCUT2D eigenvalue weighted by molar-refractivity contribution is 9.10. The Morgan fingerprint density at radius 3 is 3.05 bits per heavy atom. The Hall–Kier alpha value is -1.75. The van der Waals surface area contributed by atoms with Crippen molar-refractivity contribution < 1.29 is 4.74 Å². The van der Waals surface area contributed by atoms with Gasteiger partial charge in [-0.2, -0.15) is 5.26 Å². The minimum atomic E-state index is 0.159. The van der Waals surface area contributed by atoms with Gasteiger partial charge in [0.1, 0.15) is 12.4 Å². The van der Waals surface area contributed by atoms with Crippen LogP contribution in [0.4, 0.5) is 0 Å². The first-order valence-corrected chi connectivity index (χ1v) is 6.84. The molecule has 1 aromatic carbocycles. The minimum Gasteiger partial charge on any atom is -0.383 e. The summed E-state index contributed by atoms with van der Waals surface area (Å²) in [6.07, 6.45) is 1.54. The number of halogens is 1. The van der Waals surface area contributed by atoms with E-state index in [1.165, 1.54) is 0 Å². The van der Waals surface area contributed by atoms with E-state index in [1.807, 2.05) is 24.3 Å². The normalized spacial score (nSPS) is 10.4. The van der Waals surface area contributed by atoms with Gasteiger partial charge in [-0.3, -0.25) is 0 Å². The van der Waals surface area contributed by atoms with Crippen LogP contribution in [0.2, 0.25) is 0 Å². The van der Waals surface area contributed by atoms with Gasteiger partial charge in [-0.15, -0.1) is 5.10 Å². The van der Waals surface area contributed by atoms with Gasteiger partial charge in [0.25, 0.3) is 5.82 Å². The van der Waals surface area contributed by atoms with Crippen LogP contribution >= 0.6 is 15.9 Å². The summed E-state index contributed by atoms with van der Waals surface area (Å²) in [6, 6.07) is 7.81. The van der Waals surface area contributed by atoms with Gasteiger partial charge in [0.2, 0.25) is 0 Å². The van der Waals surface area contributed by atoms with E-state index in [0.29, 0.717) is 13.2 Å². The Balaban J connectivity index is 2.21. The zero-order valence-electron chi connectivity index (χ0n) is 11.0. The molecule has 104 valence electrons. The molecule has 0 aliphatic heterocycles. The molecule has 1 aromatic heterocycles. The lowest BCUT2D eigenvalue weighted by molar-refractivity contribution is 0.199. The monoisotopic (exact) mass is 335 g/mol. The second-order valence-electron chi connectivity index (χ2n) is 4.07. The third kappa shape index (κ3) is 3.63. The predicted octanol–water partition coefficient (Wildman–Crippen LogP) is 1.64. The molecule has 0 fully saturated rings. The Morgan fingerprint density at radius 1 is 1.50 bits per heavy atom. The summed E-state index contributed by atoms with van der Waals surface area (Å²) in [5.41, 5.74) is 1.96. The van der Waals surface area contributed by atoms with E-state index in [4.69, 9.17) is 10.00 Å². The zero-order chi connectivity index (χ0) is 14.4. The Bertz CT molecular complexity index is 619. The van der Waals surface area contributed by atoms with Gasteiger partial charge < -0.3 is 10.1 Å². The lowest BCUT2D eigenvalue weighted by Crippen LogP contribution is -2.19. The van der Waals surface area contributed by atoms with Crippen molar-refractivity contribution in [2.24, 2.45) is 0 Å². The fraction of sp³-hybridized carbons (Fsp3) is 0.308. The van der Waals surface area contributed by atoms with Gasteiger partial charge >= 0.3 is 0 Å². The average molecular weight is 336 g/mol. The summed E-state index contributed by atoms with van der Waals surface area (Å²) >= 11 is 3.46. The van der Waals surface area contributed by atoms with Gasteiger partial charge in [0, 0.05) is 24.7 Å². The van der Waals surface area contributed by atoms with E-state index < -0.39 is 0 Å². The fourth-order valence-corrected chi connectivity index (χ4v) is 2.16. The maximum atomic E-state index is 8.79. The van der Waals surface area contributed by atoms with E-state index >= 15 is 0 Å². The lowest BCUT2D eigenvalue weighted by Gasteiger charge is -2.10. The minimum absolute atomic E-state index is 0.159. The van der Waals surface area contributed by atoms with Crippen LogP contribution in [0.1, 0.15) is 11.4 Å². The predicted molar refractivity (Wildman–Crippen MR) is 77.4 cm³/mol. The van der Waals surface area contributed by atoms with Crippen molar-refractivity contribution in [2.45, 2.75) is 6.54 Å². The molecule has 1 heterocycles. The third-order valence-electron chi connectivity index (χ3n) is 2.68. The highest BCUT2D eigenvalue weighted by Gasteiger charge is 2.08. The molecule has 0 radical (unpaired) electrons. The van der Waals surface area contributed by atoms with Gasteiger partial charge in [-0.1, -0.05) is 15.9 Å². The first-order chi connectivity index (χ1) is 9.74. The van der Waals surface area contributed by atoms with Crippen molar-refractivity contribution in [3.63, 3.8) is 0 Å². The molecule has 0 amide bonds. The number of hydrogen-bond acceptors (Lipinski definition) is 5. The van der Waals surface area contributed by atoms with Crippen LogP contribution in [0.25, 0.3) is 5.69 Å². The summed E-state index contributed by atoms with van der Waals surface area (Å²) in [4.78, 5) is 3.92. The molecule has 0 aliphatic carbocycles. The second-order valence-corrected chi connectivity index (χ2v) is 4.98. The van der Waals surface area contributed by atoms with Gasteiger partial charge in [0.05, 0.1) is 12.3 Å². The van der Waals surface area contributed by atoms with Crippen molar-refractivity contribution in [3.05, 3.63) is 40.4 Å². The van der Waals surface area contributed by atoms with Gasteiger partial charge in [-0.25, -0.2) is 9.67 Å². The van der Waals surface area contributed by atoms with Crippen molar-refractivity contribution >= 4 is 15.9 Å². The van der Waals surface area contributed by atoms with E-state index in [0.717, 1.165) is 22.3 Å². The maximum Gasteiger partial charge on any atom is 0.252 e. The van der Waals surface area contributed by atoms with Gasteiger partial charge in [0.15, 0.2) is 0 Å².